The lowest BCUT2D eigenvalue weighted by atomic mass is 10.0. The van der Waals surface area contributed by atoms with Gasteiger partial charge in [-0.2, -0.15) is 0 Å². The van der Waals surface area contributed by atoms with E-state index in [-0.39, 0.29) is 44.1 Å². The zero-order valence-corrected chi connectivity index (χ0v) is 27.6. The molecule has 0 saturated carbocycles. The van der Waals surface area contributed by atoms with Gasteiger partial charge in [-0.15, -0.1) is 12.3 Å². The van der Waals surface area contributed by atoms with Crippen LogP contribution in [0.25, 0.3) is 10.9 Å². The minimum Gasteiger partial charge on any atom is -0.492 e. The lowest BCUT2D eigenvalue weighted by Crippen LogP contribution is -2.53. The highest BCUT2D eigenvalue weighted by atomic mass is 79.9. The number of hydrogen-bond donors (Lipinski definition) is 2. The standard InChI is InChI=1S/C35H40BrClN4O3/c1-4-7-17-35(38,39)23-33(42)40(24-26(11-5-2)20-29(36)12-6-3)25-28-21-27-15-16-30(37)22-32(27)41(34(28)43)18-19-44-31-13-9-8-10-14-31/h1,6,8-16,20-22H,5,7,17-19,23-25,38-39H2,2-3H3/b12-6-,26-11-,29-20+. The molecule has 0 aliphatic heterocycles. The van der Waals surface area contributed by atoms with Crippen molar-refractivity contribution in [2.45, 2.75) is 58.3 Å². The molecule has 0 saturated heterocycles. The van der Waals surface area contributed by atoms with E-state index in [2.05, 4.69) is 21.9 Å². The van der Waals surface area contributed by atoms with Gasteiger partial charge in [0.1, 0.15) is 12.4 Å². The maximum Gasteiger partial charge on any atom is 0.256 e. The Bertz CT molecular complexity index is 1620. The first-order valence-electron chi connectivity index (χ1n) is 14.5. The van der Waals surface area contributed by atoms with Crippen LogP contribution in [0, 0.1) is 12.3 Å². The fraction of sp³-hybridized carbons (Fsp3) is 0.314. The summed E-state index contributed by atoms with van der Waals surface area (Å²) in [5.41, 5.74) is 13.1. The summed E-state index contributed by atoms with van der Waals surface area (Å²) in [7, 11) is 0. The molecule has 0 unspecified atom stereocenters. The molecular weight excluding hydrogens is 640 g/mol. The SMILES string of the molecule is C#CCCC(N)(N)CC(=O)N(CC(=C\CC)/C=C(Br)\C=C/C)Cc1cc2ccc(Cl)cc2n(CCOc2ccccc2)c1=O. The Kier molecular flexibility index (Phi) is 13.5. The topological polar surface area (TPSA) is 104 Å². The van der Waals surface area contributed by atoms with Crippen molar-refractivity contribution >= 4 is 44.3 Å². The first-order valence-corrected chi connectivity index (χ1v) is 15.7. The summed E-state index contributed by atoms with van der Waals surface area (Å²) >= 11 is 9.90. The number of rotatable bonds is 15. The van der Waals surface area contributed by atoms with Crippen LogP contribution in [-0.4, -0.2) is 34.2 Å². The highest BCUT2D eigenvalue weighted by Gasteiger charge is 2.27. The van der Waals surface area contributed by atoms with E-state index in [1.54, 1.807) is 21.6 Å². The van der Waals surface area contributed by atoms with Crippen LogP contribution in [0.2, 0.25) is 5.02 Å². The number of nitrogens with two attached hydrogens (primary N) is 2. The van der Waals surface area contributed by atoms with Crippen molar-refractivity contribution in [2.24, 2.45) is 11.5 Å². The van der Waals surface area contributed by atoms with Crippen LogP contribution in [0.4, 0.5) is 0 Å². The molecule has 1 heterocycles. The fourth-order valence-electron chi connectivity index (χ4n) is 4.77. The van der Waals surface area contributed by atoms with Gasteiger partial charge in [0, 0.05) is 28.0 Å². The van der Waals surface area contributed by atoms with E-state index in [1.807, 2.05) is 80.6 Å². The molecule has 0 atom stereocenters. The molecule has 2 aromatic carbocycles. The maximum absolute atomic E-state index is 14.0. The second-order valence-corrected chi connectivity index (χ2v) is 11.9. The number of hydrogen-bond acceptors (Lipinski definition) is 5. The third-order valence-corrected chi connectivity index (χ3v) is 7.61. The van der Waals surface area contributed by atoms with E-state index in [4.69, 9.17) is 34.2 Å². The second-order valence-electron chi connectivity index (χ2n) is 10.6. The quantitative estimate of drug-likeness (QED) is 0.106. The molecule has 1 aromatic heterocycles. The molecule has 0 aliphatic carbocycles. The molecular formula is C35H40BrClN4O3. The van der Waals surface area contributed by atoms with Crippen molar-refractivity contribution in [3.05, 3.63) is 110 Å². The van der Waals surface area contributed by atoms with Gasteiger partial charge in [0.2, 0.25) is 5.91 Å². The lowest BCUT2D eigenvalue weighted by molar-refractivity contribution is -0.132. The van der Waals surface area contributed by atoms with Crippen LogP contribution in [0.15, 0.2) is 93.8 Å². The summed E-state index contributed by atoms with van der Waals surface area (Å²) in [5.74, 6) is 2.96. The summed E-state index contributed by atoms with van der Waals surface area (Å²) in [4.78, 5) is 29.4. The van der Waals surface area contributed by atoms with E-state index in [0.717, 1.165) is 21.9 Å². The summed E-state index contributed by atoms with van der Waals surface area (Å²) < 4.78 is 8.41. The molecule has 0 aliphatic rings. The number of nitrogens with zero attached hydrogens (tertiary/aromatic N) is 2. The number of allylic oxidation sites excluding steroid dienone is 4. The van der Waals surface area contributed by atoms with Crippen LogP contribution in [0.5, 0.6) is 5.75 Å². The normalized spacial score (nSPS) is 12.5. The summed E-state index contributed by atoms with van der Waals surface area (Å²) in [6.45, 7) is 4.81. The Hall–Kier alpha value is -3.61. The van der Waals surface area contributed by atoms with Gasteiger partial charge >= 0.3 is 0 Å². The first kappa shape index (κ1) is 34.9. The molecule has 0 fully saturated rings. The fourth-order valence-corrected chi connectivity index (χ4v) is 5.50. The van der Waals surface area contributed by atoms with Crippen molar-refractivity contribution < 1.29 is 9.53 Å². The number of carbonyl (C=O) groups is 1. The minimum atomic E-state index is -1.28. The van der Waals surface area contributed by atoms with Gasteiger partial charge in [0.05, 0.1) is 30.7 Å². The number of terminal acetylenes is 1. The number of halogens is 2. The second kappa shape index (κ2) is 17.0. The number of ether oxygens (including phenoxy) is 1. The predicted molar refractivity (Wildman–Crippen MR) is 185 cm³/mol. The average Bonchev–Trinajstić information content (AvgIpc) is 2.98. The lowest BCUT2D eigenvalue weighted by Gasteiger charge is -2.29. The monoisotopic (exact) mass is 678 g/mol. The van der Waals surface area contributed by atoms with E-state index in [9.17, 15) is 9.59 Å². The van der Waals surface area contributed by atoms with E-state index in [0.29, 0.717) is 34.7 Å². The summed E-state index contributed by atoms with van der Waals surface area (Å²) in [5, 5.41) is 1.33. The van der Waals surface area contributed by atoms with Gasteiger partial charge in [0.15, 0.2) is 0 Å². The van der Waals surface area contributed by atoms with Crippen molar-refractivity contribution in [1.29, 1.82) is 0 Å². The molecule has 1 amide bonds. The number of fused-ring (bicyclic) bond motifs is 1. The molecule has 232 valence electrons. The van der Waals surface area contributed by atoms with Gasteiger partial charge in [0.25, 0.3) is 5.56 Å². The van der Waals surface area contributed by atoms with Gasteiger partial charge in [-0.25, -0.2) is 0 Å². The third kappa shape index (κ3) is 10.5. The first-order chi connectivity index (χ1) is 21.1. The maximum atomic E-state index is 14.0. The van der Waals surface area contributed by atoms with Gasteiger partial charge in [-0.3, -0.25) is 9.59 Å². The van der Waals surface area contributed by atoms with Crippen LogP contribution in [-0.2, 0) is 17.9 Å². The average molecular weight is 680 g/mol. The molecule has 7 nitrogen and oxygen atoms in total. The molecule has 3 aromatic rings. The molecule has 0 bridgehead atoms. The van der Waals surface area contributed by atoms with Crippen LogP contribution in [0.3, 0.4) is 0 Å². The van der Waals surface area contributed by atoms with Crippen molar-refractivity contribution in [2.75, 3.05) is 13.2 Å². The Balaban J connectivity index is 2.03. The molecule has 0 spiro atoms. The van der Waals surface area contributed by atoms with Crippen LogP contribution in [0.1, 0.15) is 45.1 Å². The Morgan fingerprint density at radius 3 is 2.64 bits per heavy atom. The number of carbonyl (C=O) groups excluding carboxylic acids is 1. The number of benzene rings is 2. The van der Waals surface area contributed by atoms with Crippen LogP contribution >= 0.6 is 27.5 Å². The summed E-state index contributed by atoms with van der Waals surface area (Å²) in [6.07, 6.45) is 14.5. The van der Waals surface area contributed by atoms with Crippen molar-refractivity contribution in [3.8, 4) is 18.1 Å². The molecule has 9 heteroatoms. The largest absolute Gasteiger partial charge is 0.492 e. The minimum absolute atomic E-state index is 0.0527. The van der Waals surface area contributed by atoms with Crippen LogP contribution < -0.4 is 21.8 Å². The summed E-state index contributed by atoms with van der Waals surface area (Å²) in [6, 6.07) is 16.6. The molecule has 44 heavy (non-hydrogen) atoms. The van der Waals surface area contributed by atoms with Crippen molar-refractivity contribution in [1.82, 2.24) is 9.47 Å². The van der Waals surface area contributed by atoms with E-state index >= 15 is 0 Å². The molecule has 3 rings (SSSR count). The number of para-hydroxylation sites is 1. The third-order valence-electron chi connectivity index (χ3n) is 6.88. The Labute approximate surface area is 273 Å². The van der Waals surface area contributed by atoms with E-state index in [1.165, 1.54) is 0 Å². The molecule has 0 radical (unpaired) electrons. The van der Waals surface area contributed by atoms with Gasteiger partial charge < -0.3 is 25.7 Å². The smallest absolute Gasteiger partial charge is 0.256 e. The Morgan fingerprint density at radius 1 is 1.20 bits per heavy atom. The number of amides is 1. The molecule has 4 N–H and O–H groups in total. The van der Waals surface area contributed by atoms with Gasteiger partial charge in [-0.05, 0) is 67.1 Å². The van der Waals surface area contributed by atoms with Crippen molar-refractivity contribution in [3.63, 3.8) is 0 Å². The number of aromatic nitrogens is 1. The zero-order chi connectivity index (χ0) is 32.1. The highest BCUT2D eigenvalue weighted by molar-refractivity contribution is 9.11. The number of pyridine rings is 1. The Morgan fingerprint density at radius 2 is 1.95 bits per heavy atom. The zero-order valence-electron chi connectivity index (χ0n) is 25.3. The highest BCUT2D eigenvalue weighted by Crippen LogP contribution is 2.22. The predicted octanol–water partition coefficient (Wildman–Crippen LogP) is 6.67. The van der Waals surface area contributed by atoms with Gasteiger partial charge in [-0.1, -0.05) is 76.9 Å². The van der Waals surface area contributed by atoms with E-state index < -0.39 is 5.66 Å².